The lowest BCUT2D eigenvalue weighted by atomic mass is 9.90. The summed E-state index contributed by atoms with van der Waals surface area (Å²) in [6.07, 6.45) is 3.89. The lowest BCUT2D eigenvalue weighted by Crippen LogP contribution is -2.37. The van der Waals surface area contributed by atoms with E-state index in [9.17, 15) is 9.90 Å². The second kappa shape index (κ2) is 7.19. The lowest BCUT2D eigenvalue weighted by molar-refractivity contribution is -0.120. The Morgan fingerprint density at radius 2 is 2.08 bits per heavy atom. The molecule has 2 atom stereocenters. The second-order valence-corrected chi connectivity index (χ2v) is 6.79. The van der Waals surface area contributed by atoms with Gasteiger partial charge in [0.2, 0.25) is 5.91 Å². The molecule has 6 nitrogen and oxygen atoms in total. The summed E-state index contributed by atoms with van der Waals surface area (Å²) in [5.41, 5.74) is 2.73. The minimum Gasteiger partial charge on any atom is -0.394 e. The van der Waals surface area contributed by atoms with Gasteiger partial charge in [0.25, 0.3) is 0 Å². The summed E-state index contributed by atoms with van der Waals surface area (Å²) in [7, 11) is 1.80. The van der Waals surface area contributed by atoms with Gasteiger partial charge in [-0.1, -0.05) is 32.0 Å². The van der Waals surface area contributed by atoms with Gasteiger partial charge in [0.15, 0.2) is 0 Å². The number of likely N-dealkylation sites (N-methyl/N-ethyl adjacent to an activating group) is 1. The number of anilines is 2. The number of para-hydroxylation sites is 1. The van der Waals surface area contributed by atoms with Crippen LogP contribution in [0.2, 0.25) is 0 Å². The highest BCUT2D eigenvalue weighted by atomic mass is 16.3. The van der Waals surface area contributed by atoms with Crippen molar-refractivity contribution in [1.82, 2.24) is 9.97 Å². The number of carbonyl (C=O) groups is 1. The van der Waals surface area contributed by atoms with E-state index in [1.54, 1.807) is 24.3 Å². The smallest absolute Gasteiger partial charge is 0.236 e. The molecule has 6 heteroatoms. The number of rotatable bonds is 5. The molecule has 0 fully saturated rings. The number of fused-ring (bicyclic) bond motifs is 1. The van der Waals surface area contributed by atoms with E-state index >= 15 is 0 Å². The number of nitrogens with one attached hydrogen (secondary N) is 1. The molecule has 2 heterocycles. The maximum atomic E-state index is 12.8. The fraction of sp³-hybridized carbons (Fsp3) is 0.421. The summed E-state index contributed by atoms with van der Waals surface area (Å²) in [5.74, 6) is 0.512. The number of carbonyl (C=O) groups excluding carboxylic acids is 1. The Bertz CT molecular complexity index is 763. The van der Waals surface area contributed by atoms with E-state index in [0.717, 1.165) is 11.3 Å². The van der Waals surface area contributed by atoms with Gasteiger partial charge in [-0.25, -0.2) is 4.98 Å². The number of nitrogens with zero attached hydrogens (tertiary/aromatic N) is 3. The van der Waals surface area contributed by atoms with Gasteiger partial charge in [0, 0.05) is 18.9 Å². The van der Waals surface area contributed by atoms with Gasteiger partial charge in [-0.15, -0.1) is 0 Å². The molecule has 132 valence electrons. The molecule has 0 bridgehead atoms. The predicted octanol–water partition coefficient (Wildman–Crippen LogP) is 2.21. The van der Waals surface area contributed by atoms with Crippen LogP contribution in [0.15, 0.2) is 36.7 Å². The van der Waals surface area contributed by atoms with Crippen LogP contribution >= 0.6 is 0 Å². The molecule has 1 aromatic heterocycles. The molecule has 0 radical (unpaired) electrons. The molecule has 1 amide bonds. The quantitative estimate of drug-likeness (QED) is 0.872. The molecule has 1 unspecified atom stereocenters. The minimum absolute atomic E-state index is 0.0159. The first-order valence-electron chi connectivity index (χ1n) is 8.56. The number of aromatic nitrogens is 2. The van der Waals surface area contributed by atoms with Crippen LogP contribution in [0.25, 0.3) is 0 Å². The zero-order valence-corrected chi connectivity index (χ0v) is 14.8. The average molecular weight is 340 g/mol. The predicted molar refractivity (Wildman–Crippen MR) is 97.7 cm³/mol. The van der Waals surface area contributed by atoms with Crippen molar-refractivity contribution in [3.63, 3.8) is 0 Å². The Morgan fingerprint density at radius 3 is 2.80 bits per heavy atom. The van der Waals surface area contributed by atoms with Crippen LogP contribution in [0.5, 0.6) is 0 Å². The molecule has 2 aromatic rings. The van der Waals surface area contributed by atoms with Gasteiger partial charge in [0.05, 0.1) is 30.5 Å². The third-order valence-corrected chi connectivity index (χ3v) is 4.75. The molecule has 1 aromatic carbocycles. The van der Waals surface area contributed by atoms with Crippen molar-refractivity contribution in [2.24, 2.45) is 5.92 Å². The summed E-state index contributed by atoms with van der Waals surface area (Å²) >= 11 is 0. The maximum absolute atomic E-state index is 12.8. The van der Waals surface area contributed by atoms with Crippen LogP contribution in [-0.2, 0) is 11.2 Å². The van der Waals surface area contributed by atoms with Crippen molar-refractivity contribution in [2.75, 3.05) is 23.9 Å². The Hall–Kier alpha value is -2.47. The molecule has 0 aliphatic carbocycles. The van der Waals surface area contributed by atoms with Crippen LogP contribution < -0.4 is 10.2 Å². The second-order valence-electron chi connectivity index (χ2n) is 6.79. The van der Waals surface area contributed by atoms with Gasteiger partial charge in [-0.2, -0.15) is 0 Å². The molecule has 3 rings (SSSR count). The summed E-state index contributed by atoms with van der Waals surface area (Å²) in [4.78, 5) is 23.3. The van der Waals surface area contributed by atoms with Gasteiger partial charge in [0.1, 0.15) is 5.82 Å². The molecule has 0 saturated heterocycles. The minimum atomic E-state index is -0.347. The summed E-state index contributed by atoms with van der Waals surface area (Å²) in [5, 5.41) is 12.7. The third kappa shape index (κ3) is 3.49. The number of aliphatic hydroxyl groups excluding tert-OH is 1. The van der Waals surface area contributed by atoms with E-state index < -0.39 is 0 Å². The molecule has 25 heavy (non-hydrogen) atoms. The topological polar surface area (TPSA) is 78.4 Å². The van der Waals surface area contributed by atoms with E-state index in [2.05, 4.69) is 15.3 Å². The summed E-state index contributed by atoms with van der Waals surface area (Å²) < 4.78 is 0. The van der Waals surface area contributed by atoms with Crippen molar-refractivity contribution >= 4 is 17.4 Å². The van der Waals surface area contributed by atoms with Gasteiger partial charge < -0.3 is 15.3 Å². The van der Waals surface area contributed by atoms with Crippen LogP contribution in [0, 0.1) is 5.92 Å². The van der Waals surface area contributed by atoms with Gasteiger partial charge in [-0.3, -0.25) is 9.78 Å². The molecule has 1 aliphatic heterocycles. The standard InChI is InChI=1S/C19H24N4O2/c1-12(2)16(11-24)22-18-10-20-9-15(21-18)14-8-13-6-4-5-7-17(13)23(3)19(14)25/h4-7,9-10,12,14,16,24H,8,11H2,1-3H3,(H,21,22)/t14?,16-/m0/s1. The highest BCUT2D eigenvalue weighted by Gasteiger charge is 2.32. The highest BCUT2D eigenvalue weighted by Crippen LogP contribution is 2.33. The van der Waals surface area contributed by atoms with Crippen LogP contribution in [0.4, 0.5) is 11.5 Å². The number of benzene rings is 1. The van der Waals surface area contributed by atoms with Crippen LogP contribution in [0.3, 0.4) is 0 Å². The zero-order chi connectivity index (χ0) is 18.0. The van der Waals surface area contributed by atoms with E-state index in [4.69, 9.17) is 0 Å². The van der Waals surface area contributed by atoms with Crippen LogP contribution in [-0.4, -0.2) is 40.7 Å². The lowest BCUT2D eigenvalue weighted by Gasteiger charge is -2.31. The van der Waals surface area contributed by atoms with Crippen molar-refractivity contribution in [1.29, 1.82) is 0 Å². The molecule has 2 N–H and O–H groups in total. The van der Waals surface area contributed by atoms with E-state index in [0.29, 0.717) is 17.9 Å². The average Bonchev–Trinajstić information content (AvgIpc) is 2.62. The first-order chi connectivity index (χ1) is 12.0. The Balaban J connectivity index is 1.87. The van der Waals surface area contributed by atoms with Crippen LogP contribution in [0.1, 0.15) is 31.0 Å². The molecule has 1 aliphatic rings. The molecule has 0 saturated carbocycles. The SMILES string of the molecule is CC(C)[C@H](CO)Nc1cncc(C2Cc3ccccc3N(C)C2=O)n1. The highest BCUT2D eigenvalue weighted by molar-refractivity contribution is 6.00. The normalized spacial score (nSPS) is 18.2. The Morgan fingerprint density at radius 1 is 1.32 bits per heavy atom. The summed E-state index contributed by atoms with van der Waals surface area (Å²) in [6, 6.07) is 7.82. The van der Waals surface area contributed by atoms with E-state index in [-0.39, 0.29) is 30.4 Å². The third-order valence-electron chi connectivity index (χ3n) is 4.75. The summed E-state index contributed by atoms with van der Waals surface area (Å²) in [6.45, 7) is 4.07. The van der Waals surface area contributed by atoms with E-state index in [1.807, 2.05) is 38.1 Å². The Kier molecular flexibility index (Phi) is 4.99. The van der Waals surface area contributed by atoms with Gasteiger partial charge >= 0.3 is 0 Å². The monoisotopic (exact) mass is 340 g/mol. The van der Waals surface area contributed by atoms with Crippen molar-refractivity contribution in [2.45, 2.75) is 32.2 Å². The van der Waals surface area contributed by atoms with Crippen molar-refractivity contribution in [3.05, 3.63) is 47.9 Å². The van der Waals surface area contributed by atoms with E-state index in [1.165, 1.54) is 0 Å². The largest absolute Gasteiger partial charge is 0.394 e. The number of aliphatic hydroxyl groups is 1. The molecular weight excluding hydrogens is 316 g/mol. The molecular formula is C19H24N4O2. The molecule has 0 spiro atoms. The maximum Gasteiger partial charge on any atom is 0.236 e. The fourth-order valence-corrected chi connectivity index (χ4v) is 3.13. The number of hydrogen-bond donors (Lipinski definition) is 2. The number of amides is 1. The van der Waals surface area contributed by atoms with Gasteiger partial charge in [-0.05, 0) is 24.0 Å². The first-order valence-corrected chi connectivity index (χ1v) is 8.56. The number of hydrogen-bond acceptors (Lipinski definition) is 5. The first kappa shape index (κ1) is 17.4. The zero-order valence-electron chi connectivity index (χ0n) is 14.8. The van der Waals surface area contributed by atoms with Crippen molar-refractivity contribution < 1.29 is 9.90 Å². The van der Waals surface area contributed by atoms with Crippen molar-refractivity contribution in [3.8, 4) is 0 Å². The Labute approximate surface area is 147 Å². The fourth-order valence-electron chi connectivity index (χ4n) is 3.13.